The van der Waals surface area contributed by atoms with Crippen LogP contribution in [0.25, 0.3) is 32.7 Å². The molecule has 0 unspecified atom stereocenters. The monoisotopic (exact) mass is 341 g/mol. The van der Waals surface area contributed by atoms with Crippen molar-refractivity contribution in [1.82, 2.24) is 15.0 Å². The van der Waals surface area contributed by atoms with Crippen LogP contribution in [-0.2, 0) is 6.42 Å². The molecule has 24 heavy (non-hydrogen) atoms. The Hall–Kier alpha value is -2.60. The van der Waals surface area contributed by atoms with E-state index in [4.69, 9.17) is 0 Å². The Balaban J connectivity index is 1.91. The molecule has 0 fully saturated rings. The third kappa shape index (κ3) is 2.49. The van der Waals surface area contributed by atoms with Gasteiger partial charge in [-0.2, -0.15) is 0 Å². The van der Waals surface area contributed by atoms with Crippen LogP contribution in [0.3, 0.4) is 0 Å². The normalized spacial score (nSPS) is 11.3. The van der Waals surface area contributed by atoms with Crippen LogP contribution in [0.2, 0.25) is 0 Å². The molecule has 2 heterocycles. The summed E-state index contributed by atoms with van der Waals surface area (Å²) in [7, 11) is 0. The largest absolute Gasteiger partial charge is 0.341 e. The van der Waals surface area contributed by atoms with Gasteiger partial charge in [0.2, 0.25) is 0 Å². The molecule has 0 spiro atoms. The third-order valence-electron chi connectivity index (χ3n) is 3.90. The molecule has 4 aromatic rings. The van der Waals surface area contributed by atoms with Crippen molar-refractivity contribution in [3.63, 3.8) is 0 Å². The maximum Gasteiger partial charge on any atom is 0.159 e. The minimum Gasteiger partial charge on any atom is -0.341 e. The molecule has 6 heteroatoms. The highest BCUT2D eigenvalue weighted by Gasteiger charge is 2.16. The summed E-state index contributed by atoms with van der Waals surface area (Å²) >= 11 is 1.56. The summed E-state index contributed by atoms with van der Waals surface area (Å²) in [6.07, 6.45) is 0.722. The Morgan fingerprint density at radius 2 is 1.88 bits per heavy atom. The van der Waals surface area contributed by atoms with E-state index >= 15 is 0 Å². The summed E-state index contributed by atoms with van der Waals surface area (Å²) in [5.41, 5.74) is 5.65. The molecular formula is C18H13F2N3S. The third-order valence-corrected chi connectivity index (χ3v) is 4.69. The Kier molecular flexibility index (Phi) is 3.61. The number of hydrogen-bond acceptors (Lipinski definition) is 3. The Morgan fingerprint density at radius 1 is 1.04 bits per heavy atom. The Bertz CT molecular complexity index is 1040. The van der Waals surface area contributed by atoms with Crippen LogP contribution in [-0.4, -0.2) is 15.0 Å². The predicted molar refractivity (Wildman–Crippen MR) is 91.9 cm³/mol. The zero-order valence-corrected chi connectivity index (χ0v) is 13.6. The van der Waals surface area contributed by atoms with E-state index in [1.54, 1.807) is 22.9 Å². The number of hydrogen-bond donors (Lipinski definition) is 1. The fourth-order valence-electron chi connectivity index (χ4n) is 2.66. The van der Waals surface area contributed by atoms with Gasteiger partial charge >= 0.3 is 0 Å². The zero-order chi connectivity index (χ0) is 16.7. The van der Waals surface area contributed by atoms with E-state index in [0.29, 0.717) is 11.3 Å². The van der Waals surface area contributed by atoms with Crippen LogP contribution in [0.5, 0.6) is 0 Å². The smallest absolute Gasteiger partial charge is 0.159 e. The number of aryl methyl sites for hydroxylation is 1. The first-order valence-electron chi connectivity index (χ1n) is 7.53. The molecule has 2 aromatic heterocycles. The minimum atomic E-state index is -0.877. The molecule has 4 rings (SSSR count). The number of aromatic amines is 1. The van der Waals surface area contributed by atoms with Crippen molar-refractivity contribution in [2.75, 3.05) is 0 Å². The van der Waals surface area contributed by atoms with E-state index in [-0.39, 0.29) is 0 Å². The number of fused-ring (bicyclic) bond motifs is 1. The molecule has 0 saturated carbocycles. The van der Waals surface area contributed by atoms with Gasteiger partial charge in [-0.3, -0.25) is 0 Å². The molecule has 0 bridgehead atoms. The average molecular weight is 341 g/mol. The summed E-state index contributed by atoms with van der Waals surface area (Å²) in [6, 6.07) is 9.79. The Morgan fingerprint density at radius 3 is 2.67 bits per heavy atom. The molecule has 2 aromatic carbocycles. The van der Waals surface area contributed by atoms with Crippen molar-refractivity contribution in [2.24, 2.45) is 0 Å². The van der Waals surface area contributed by atoms with Crippen LogP contribution in [0.15, 0.2) is 41.9 Å². The van der Waals surface area contributed by atoms with Crippen molar-refractivity contribution in [2.45, 2.75) is 13.3 Å². The van der Waals surface area contributed by atoms with Crippen molar-refractivity contribution in [1.29, 1.82) is 0 Å². The number of thiazole rings is 1. The lowest BCUT2D eigenvalue weighted by molar-refractivity contribution is 0.509. The molecule has 0 aliphatic heterocycles. The van der Waals surface area contributed by atoms with Crippen LogP contribution in [0.4, 0.5) is 8.78 Å². The summed E-state index contributed by atoms with van der Waals surface area (Å²) in [5.74, 6) is -0.941. The van der Waals surface area contributed by atoms with Gasteiger partial charge in [-0.15, -0.1) is 11.3 Å². The lowest BCUT2D eigenvalue weighted by Crippen LogP contribution is -1.88. The number of nitrogens with one attached hydrogen (secondary N) is 1. The zero-order valence-electron chi connectivity index (χ0n) is 12.8. The molecule has 1 N–H and O–H groups in total. The number of benzene rings is 2. The number of rotatable bonds is 3. The summed E-state index contributed by atoms with van der Waals surface area (Å²) in [6.45, 7) is 1.99. The first-order valence-corrected chi connectivity index (χ1v) is 8.41. The van der Waals surface area contributed by atoms with Gasteiger partial charge in [0.05, 0.1) is 27.1 Å². The standard InChI is InChI=1S/C18H13F2N3S/c1-2-16-22-17(10-3-5-12(19)13(20)7-10)18(23-16)11-4-6-14-15(8-11)24-9-21-14/h3-9H,2H2,1H3,(H,22,23). The molecule has 0 saturated heterocycles. The van der Waals surface area contributed by atoms with Crippen LogP contribution in [0, 0.1) is 11.6 Å². The van der Waals surface area contributed by atoms with E-state index < -0.39 is 11.6 Å². The van der Waals surface area contributed by atoms with Crippen molar-refractivity contribution in [3.05, 3.63) is 59.4 Å². The van der Waals surface area contributed by atoms with E-state index in [1.807, 2.05) is 25.1 Å². The van der Waals surface area contributed by atoms with Gasteiger partial charge in [0.15, 0.2) is 11.6 Å². The maximum absolute atomic E-state index is 13.6. The van der Waals surface area contributed by atoms with Gasteiger partial charge in [-0.1, -0.05) is 13.0 Å². The first kappa shape index (κ1) is 15.0. The van der Waals surface area contributed by atoms with Crippen LogP contribution in [0.1, 0.15) is 12.7 Å². The van der Waals surface area contributed by atoms with E-state index in [2.05, 4.69) is 15.0 Å². The van der Waals surface area contributed by atoms with Gasteiger partial charge in [0.1, 0.15) is 5.82 Å². The summed E-state index contributed by atoms with van der Waals surface area (Å²) in [4.78, 5) is 12.1. The fourth-order valence-corrected chi connectivity index (χ4v) is 3.38. The molecule has 0 amide bonds. The van der Waals surface area contributed by atoms with Crippen molar-refractivity contribution >= 4 is 21.6 Å². The number of aromatic nitrogens is 3. The topological polar surface area (TPSA) is 41.6 Å². The predicted octanol–water partition coefficient (Wildman–Crippen LogP) is 5.19. The Labute approximate surface area is 141 Å². The number of halogens is 2. The SMILES string of the molecule is CCc1nc(-c2ccc(F)c(F)c2)c(-c2ccc3ncsc3c2)[nH]1. The molecule has 120 valence electrons. The maximum atomic E-state index is 13.6. The quantitative estimate of drug-likeness (QED) is 0.557. The second-order valence-electron chi connectivity index (χ2n) is 5.42. The summed E-state index contributed by atoms with van der Waals surface area (Å²) in [5, 5.41) is 0. The van der Waals surface area contributed by atoms with Crippen molar-refractivity contribution in [3.8, 4) is 22.5 Å². The first-order chi connectivity index (χ1) is 11.7. The van der Waals surface area contributed by atoms with E-state index in [0.717, 1.165) is 39.8 Å². The average Bonchev–Trinajstić information content (AvgIpc) is 3.22. The lowest BCUT2D eigenvalue weighted by atomic mass is 10.0. The minimum absolute atomic E-state index is 0.546. The number of imidazole rings is 1. The highest BCUT2D eigenvalue weighted by molar-refractivity contribution is 7.16. The molecule has 0 aliphatic carbocycles. The highest BCUT2D eigenvalue weighted by atomic mass is 32.1. The second-order valence-corrected chi connectivity index (χ2v) is 6.31. The van der Waals surface area contributed by atoms with Gasteiger partial charge < -0.3 is 4.98 Å². The van der Waals surface area contributed by atoms with Gasteiger partial charge in [-0.05, 0) is 30.3 Å². The second kappa shape index (κ2) is 5.79. The molecule has 0 atom stereocenters. The lowest BCUT2D eigenvalue weighted by Gasteiger charge is -2.04. The molecular weight excluding hydrogens is 328 g/mol. The van der Waals surface area contributed by atoms with Crippen LogP contribution < -0.4 is 0 Å². The molecule has 0 aliphatic rings. The van der Waals surface area contributed by atoms with Gasteiger partial charge in [0, 0.05) is 17.5 Å². The van der Waals surface area contributed by atoms with E-state index in [9.17, 15) is 8.78 Å². The van der Waals surface area contributed by atoms with Crippen molar-refractivity contribution < 1.29 is 8.78 Å². The number of H-pyrrole nitrogens is 1. The molecule has 0 radical (unpaired) electrons. The van der Waals surface area contributed by atoms with Gasteiger partial charge in [0.25, 0.3) is 0 Å². The fraction of sp³-hybridized carbons (Fsp3) is 0.111. The highest BCUT2D eigenvalue weighted by Crippen LogP contribution is 2.33. The number of nitrogens with zero attached hydrogens (tertiary/aromatic N) is 2. The van der Waals surface area contributed by atoms with Gasteiger partial charge in [-0.25, -0.2) is 18.7 Å². The molecule has 3 nitrogen and oxygen atoms in total. The van der Waals surface area contributed by atoms with E-state index in [1.165, 1.54) is 6.07 Å². The van der Waals surface area contributed by atoms with Crippen LogP contribution >= 0.6 is 11.3 Å². The summed E-state index contributed by atoms with van der Waals surface area (Å²) < 4.78 is 27.9.